The van der Waals surface area contributed by atoms with Crippen LogP contribution in [0.2, 0.25) is 0 Å². The monoisotopic (exact) mass is 890 g/mol. The first kappa shape index (κ1) is 47.0. The van der Waals surface area contributed by atoms with E-state index in [2.05, 4.69) is 0 Å². The molecule has 0 fully saturated rings. The zero-order valence-corrected chi connectivity index (χ0v) is 36.0. The van der Waals surface area contributed by atoms with E-state index in [4.69, 9.17) is 37.9 Å². The Morgan fingerprint density at radius 1 is 0.391 bits per heavy atom. The molecule has 0 atom stereocenters. The molecule has 64 heavy (non-hydrogen) atoms. The minimum atomic E-state index is -0.578. The summed E-state index contributed by atoms with van der Waals surface area (Å²) < 4.78 is 48.5. The Kier molecular flexibility index (Phi) is 16.0. The molecule has 0 radical (unpaired) electrons. The van der Waals surface area contributed by atoms with Crippen LogP contribution in [-0.2, 0) is 44.6 Å². The highest BCUT2D eigenvalue weighted by molar-refractivity contribution is 5.62. The number of rotatable bonds is 8. The Bertz CT molecular complexity index is 2110. The Hall–Kier alpha value is -6.48. The van der Waals surface area contributed by atoms with Crippen molar-refractivity contribution in [2.45, 2.75) is 65.6 Å². The Morgan fingerprint density at radius 3 is 0.828 bits per heavy atom. The van der Waals surface area contributed by atoms with Gasteiger partial charge >= 0.3 is 0 Å². The van der Waals surface area contributed by atoms with Gasteiger partial charge in [-0.3, -0.25) is 40.5 Å². The van der Waals surface area contributed by atoms with Gasteiger partial charge in [-0.05, 0) is 27.7 Å². The van der Waals surface area contributed by atoms with Crippen molar-refractivity contribution < 1.29 is 57.6 Å². The summed E-state index contributed by atoms with van der Waals surface area (Å²) in [7, 11) is 0. The quantitative estimate of drug-likeness (QED) is 0.109. The van der Waals surface area contributed by atoms with E-state index in [1.54, 1.807) is 27.7 Å². The third kappa shape index (κ3) is 12.2. The molecule has 0 aromatic heterocycles. The summed E-state index contributed by atoms with van der Waals surface area (Å²) in [6.07, 6.45) is -1.70. The summed E-state index contributed by atoms with van der Waals surface area (Å²) in [5.41, 5.74) is 0.769. The van der Waals surface area contributed by atoms with Crippen LogP contribution in [0.1, 0.15) is 72.2 Å². The molecule has 1 aliphatic heterocycles. The molecule has 2 aliphatic rings. The third-order valence-electron chi connectivity index (χ3n) is 10.0. The van der Waals surface area contributed by atoms with Gasteiger partial charge in [-0.15, -0.1) is 0 Å². The fraction of sp³-hybridized carbons (Fsp3) is 0.455. The molecule has 0 N–H and O–H groups in total. The van der Waals surface area contributed by atoms with Crippen molar-refractivity contribution in [3.05, 3.63) is 133 Å². The highest BCUT2D eigenvalue weighted by Crippen LogP contribution is 2.43. The van der Waals surface area contributed by atoms with E-state index in [1.165, 1.54) is 48.5 Å². The predicted molar refractivity (Wildman–Crippen MR) is 229 cm³/mol. The summed E-state index contributed by atoms with van der Waals surface area (Å²) in [6.45, 7) is 8.73. The van der Waals surface area contributed by atoms with Gasteiger partial charge in [-0.25, -0.2) is 0 Å². The molecule has 20 heteroatoms. The predicted octanol–water partition coefficient (Wildman–Crippen LogP) is 7.41. The number of fused-ring (bicyclic) bond motifs is 2. The standard InChI is InChI=1S/C44H50N4O16/c1-27(2)63-43-33-15-29-19-37(45(49)50)21-31-17-35-25-40(48(55)56)26-36(44(35)64-28(3)4)18-32-22-38(46(51)52)20-30(16-34(43)24-39(23-33)47(53)54)42(32)62-14-12-60-10-8-58-6-5-57-7-9-59-11-13-61-41(29)31/h19-28H,5-18H2,1-4H3. The highest BCUT2D eigenvalue weighted by atomic mass is 16.6. The average Bonchev–Trinajstić information content (AvgIpc) is 3.22. The molecule has 0 saturated heterocycles. The molecular weight excluding hydrogens is 840 g/mol. The van der Waals surface area contributed by atoms with Crippen LogP contribution < -0.4 is 18.9 Å². The Balaban J connectivity index is 1.71. The average molecular weight is 891 g/mol. The number of non-ortho nitro benzene ring substituents is 4. The van der Waals surface area contributed by atoms with E-state index in [1.807, 2.05) is 0 Å². The molecule has 1 aliphatic carbocycles. The molecule has 0 spiro atoms. The lowest BCUT2D eigenvalue weighted by molar-refractivity contribution is -0.385. The summed E-state index contributed by atoms with van der Waals surface area (Å²) >= 11 is 0. The van der Waals surface area contributed by atoms with Crippen molar-refractivity contribution in [1.82, 2.24) is 0 Å². The van der Waals surface area contributed by atoms with Gasteiger partial charge in [0.2, 0.25) is 0 Å². The SMILES string of the molecule is CC(C)Oc1c2cc([N+](=O)[O-])cc1Cc1cc([N+](=O)[O-])cc3c1OCCOCCOCCOCCOCCOc1c(cc([N+](=O)[O-])cc1Cc1cc([N+](=O)[O-])cc(c1OC(C)C)C3)C2. The van der Waals surface area contributed by atoms with Gasteiger partial charge in [-0.2, -0.15) is 0 Å². The number of hydrogen-bond donors (Lipinski definition) is 0. The van der Waals surface area contributed by atoms with Crippen molar-refractivity contribution in [3.63, 3.8) is 0 Å². The molecule has 0 unspecified atom stereocenters. The van der Waals surface area contributed by atoms with Crippen molar-refractivity contribution in [2.75, 3.05) is 66.1 Å². The van der Waals surface area contributed by atoms with Crippen LogP contribution in [0.3, 0.4) is 0 Å². The number of nitrogens with zero attached hydrogens (tertiary/aromatic N) is 4. The van der Waals surface area contributed by atoms with Gasteiger partial charge in [-0.1, -0.05) is 0 Å². The first-order valence-electron chi connectivity index (χ1n) is 20.8. The smallest absolute Gasteiger partial charge is 0.270 e. The molecule has 6 rings (SSSR count). The van der Waals surface area contributed by atoms with Gasteiger partial charge in [0.15, 0.2) is 0 Å². The van der Waals surface area contributed by atoms with Crippen LogP contribution in [0.5, 0.6) is 23.0 Å². The van der Waals surface area contributed by atoms with Crippen molar-refractivity contribution >= 4 is 22.7 Å². The minimum absolute atomic E-state index is 0.0395. The van der Waals surface area contributed by atoms with E-state index < -0.39 is 31.9 Å². The van der Waals surface area contributed by atoms with Crippen molar-refractivity contribution in [3.8, 4) is 23.0 Å². The molecule has 1 heterocycles. The Morgan fingerprint density at radius 2 is 0.609 bits per heavy atom. The number of ether oxygens (including phenoxy) is 8. The fourth-order valence-corrected chi connectivity index (χ4v) is 7.55. The lowest BCUT2D eigenvalue weighted by Gasteiger charge is -2.24. The summed E-state index contributed by atoms with van der Waals surface area (Å²) in [6, 6.07) is 10.5. The van der Waals surface area contributed by atoms with Crippen LogP contribution in [0.15, 0.2) is 48.5 Å². The first-order chi connectivity index (χ1) is 30.7. The van der Waals surface area contributed by atoms with Crippen LogP contribution in [0.4, 0.5) is 22.7 Å². The second kappa shape index (κ2) is 21.7. The van der Waals surface area contributed by atoms with Crippen molar-refractivity contribution in [1.29, 1.82) is 0 Å². The summed E-state index contributed by atoms with van der Waals surface area (Å²) in [4.78, 5) is 48.2. The van der Waals surface area contributed by atoms with E-state index in [0.717, 1.165) is 0 Å². The van der Waals surface area contributed by atoms with Gasteiger partial charge in [0, 0.05) is 119 Å². The number of benzene rings is 4. The zero-order valence-electron chi connectivity index (χ0n) is 36.0. The summed E-state index contributed by atoms with van der Waals surface area (Å²) in [5.74, 6) is 0.810. The van der Waals surface area contributed by atoms with E-state index in [0.29, 0.717) is 13.2 Å². The molecule has 0 amide bonds. The lowest BCUT2D eigenvalue weighted by atomic mass is 9.90. The number of nitro groups is 4. The topological polar surface area (TPSA) is 246 Å². The zero-order chi connectivity index (χ0) is 45.9. The molecule has 4 aromatic rings. The maximum Gasteiger partial charge on any atom is 0.270 e. The maximum atomic E-state index is 12.6. The first-order valence-corrected chi connectivity index (χ1v) is 20.8. The van der Waals surface area contributed by atoms with Gasteiger partial charge in [0.25, 0.3) is 22.7 Å². The maximum absolute atomic E-state index is 12.6. The van der Waals surface area contributed by atoms with Crippen LogP contribution in [-0.4, -0.2) is 98.0 Å². The van der Waals surface area contributed by atoms with E-state index in [9.17, 15) is 40.5 Å². The largest absolute Gasteiger partial charge is 0.491 e. The highest BCUT2D eigenvalue weighted by Gasteiger charge is 2.29. The van der Waals surface area contributed by atoms with Crippen LogP contribution >= 0.6 is 0 Å². The lowest BCUT2D eigenvalue weighted by Crippen LogP contribution is -2.15. The molecular formula is C44H50N4O16. The third-order valence-corrected chi connectivity index (χ3v) is 10.0. The second-order valence-electron chi connectivity index (χ2n) is 15.6. The van der Waals surface area contributed by atoms with E-state index >= 15 is 0 Å². The molecule has 20 nitrogen and oxygen atoms in total. The number of nitro benzene ring substituents is 4. The van der Waals surface area contributed by atoms with Gasteiger partial charge in [0.05, 0.1) is 84.8 Å². The van der Waals surface area contributed by atoms with Crippen molar-refractivity contribution in [2.24, 2.45) is 0 Å². The molecule has 0 saturated carbocycles. The summed E-state index contributed by atoms with van der Waals surface area (Å²) in [5, 5.41) is 50.5. The molecule has 10 bridgehead atoms. The van der Waals surface area contributed by atoms with Crippen LogP contribution in [0, 0.1) is 40.5 Å². The normalized spacial score (nSPS) is 15.4. The van der Waals surface area contributed by atoms with Gasteiger partial charge < -0.3 is 37.9 Å². The fourth-order valence-electron chi connectivity index (χ4n) is 7.55. The molecule has 4 aromatic carbocycles. The Labute approximate surface area is 367 Å². The molecule has 342 valence electrons. The minimum Gasteiger partial charge on any atom is -0.491 e. The van der Waals surface area contributed by atoms with Gasteiger partial charge in [0.1, 0.15) is 36.2 Å². The second-order valence-corrected chi connectivity index (χ2v) is 15.6. The van der Waals surface area contributed by atoms with E-state index in [-0.39, 0.29) is 169 Å². The number of hydrogen-bond acceptors (Lipinski definition) is 16. The van der Waals surface area contributed by atoms with Crippen LogP contribution in [0.25, 0.3) is 0 Å².